The lowest BCUT2D eigenvalue weighted by atomic mass is 9.99. The van der Waals surface area contributed by atoms with Crippen molar-refractivity contribution >= 4 is 72.4 Å². The zero-order valence-corrected chi connectivity index (χ0v) is 35.6. The summed E-state index contributed by atoms with van der Waals surface area (Å²) < 4.78 is 5.03. The van der Waals surface area contributed by atoms with Gasteiger partial charge in [0.05, 0.1) is 22.1 Å². The van der Waals surface area contributed by atoms with Gasteiger partial charge in [-0.3, -0.25) is 0 Å². The molecule has 3 heteroatoms. The van der Waals surface area contributed by atoms with Crippen LogP contribution in [0.1, 0.15) is 0 Å². The first-order valence-electron chi connectivity index (χ1n) is 21.8. The highest BCUT2D eigenvalue weighted by molar-refractivity contribution is 7.20. The van der Waals surface area contributed by atoms with E-state index in [1.807, 2.05) is 0 Å². The van der Waals surface area contributed by atoms with Crippen molar-refractivity contribution in [2.24, 2.45) is 0 Å². The molecule has 12 aromatic rings. The molecule has 0 fully saturated rings. The molecule has 2 heterocycles. The number of benzene rings is 10. The Bertz CT molecular complexity index is 3480. The SMILES string of the molecule is c1ccc(-c2ccc(-n3c4ccccc4c4ccc(-n5c6ccccc6c6c(-c7ccccc7)ccc([Si](c7ccccc7)(c7ccccc7)c7ccccc7)c65)cc43)cc2)cc1. The van der Waals surface area contributed by atoms with Crippen LogP contribution in [0.25, 0.3) is 77.2 Å². The summed E-state index contributed by atoms with van der Waals surface area (Å²) in [5, 5.41) is 10.4. The Morgan fingerprint density at radius 3 is 1.32 bits per heavy atom. The molecule has 2 aromatic heterocycles. The normalized spacial score (nSPS) is 11.8. The number of hydrogen-bond donors (Lipinski definition) is 0. The van der Waals surface area contributed by atoms with E-state index < -0.39 is 8.07 Å². The van der Waals surface area contributed by atoms with Gasteiger partial charge >= 0.3 is 0 Å². The Hall–Kier alpha value is -7.98. The quantitative estimate of drug-likeness (QED) is 0.107. The van der Waals surface area contributed by atoms with E-state index >= 15 is 0 Å². The molecule has 296 valence electrons. The minimum Gasteiger partial charge on any atom is -0.309 e. The summed E-state index contributed by atoms with van der Waals surface area (Å²) in [6.07, 6.45) is 0. The van der Waals surface area contributed by atoms with Crippen molar-refractivity contribution in [1.29, 1.82) is 0 Å². The summed E-state index contributed by atoms with van der Waals surface area (Å²) in [5.74, 6) is 0. The molecule has 10 aromatic carbocycles. The Kier molecular flexibility index (Phi) is 8.87. The van der Waals surface area contributed by atoms with Crippen LogP contribution in [0.4, 0.5) is 0 Å². The number of rotatable bonds is 8. The van der Waals surface area contributed by atoms with Crippen LogP contribution in [0.5, 0.6) is 0 Å². The molecule has 0 N–H and O–H groups in total. The largest absolute Gasteiger partial charge is 0.309 e. The smallest absolute Gasteiger partial charge is 0.181 e. The van der Waals surface area contributed by atoms with E-state index in [0.29, 0.717) is 0 Å². The molecule has 0 bridgehead atoms. The number of aromatic nitrogens is 2. The maximum Gasteiger partial charge on any atom is 0.181 e. The van der Waals surface area contributed by atoms with Crippen LogP contribution < -0.4 is 20.7 Å². The maximum absolute atomic E-state index is 3.02. The van der Waals surface area contributed by atoms with E-state index in [9.17, 15) is 0 Å². The topological polar surface area (TPSA) is 9.86 Å². The van der Waals surface area contributed by atoms with Crippen molar-refractivity contribution in [2.45, 2.75) is 0 Å². The van der Waals surface area contributed by atoms with Gasteiger partial charge < -0.3 is 9.13 Å². The fourth-order valence-electron chi connectivity index (χ4n) is 10.4. The molecule has 63 heavy (non-hydrogen) atoms. The Morgan fingerprint density at radius 1 is 0.286 bits per heavy atom. The summed E-state index contributed by atoms with van der Waals surface area (Å²) >= 11 is 0. The van der Waals surface area contributed by atoms with Gasteiger partial charge in [-0.05, 0) is 79.4 Å². The Balaban J connectivity index is 1.22. The Morgan fingerprint density at radius 2 is 0.730 bits per heavy atom. The Labute approximate surface area is 368 Å². The third-order valence-electron chi connectivity index (χ3n) is 13.1. The molecule has 0 saturated carbocycles. The first-order valence-corrected chi connectivity index (χ1v) is 23.8. The summed E-state index contributed by atoms with van der Waals surface area (Å²) in [7, 11) is -3.02. The molecule has 12 rings (SSSR count). The number of para-hydroxylation sites is 2. The predicted octanol–water partition coefficient (Wildman–Crippen LogP) is 12.6. The highest BCUT2D eigenvalue weighted by Gasteiger charge is 2.44. The van der Waals surface area contributed by atoms with Gasteiger partial charge in [0.1, 0.15) is 0 Å². The standard InChI is InChI=1S/C60H42N2Si/c1-6-20-43(21-7-1)44-34-36-46(37-35-44)61-55-32-18-16-30-52(55)53-39-38-47(42-57(53)61)62-56-33-19-17-31-54(56)59-51(45-22-8-2-9-23-45)40-41-58(60(59)62)63(48-24-10-3-11-25-48,49-26-12-4-13-27-49)50-28-14-5-15-29-50/h1-42H. The van der Waals surface area contributed by atoms with Crippen LogP contribution in [0, 0.1) is 0 Å². The molecule has 0 aliphatic heterocycles. The molecule has 0 unspecified atom stereocenters. The number of hydrogen-bond acceptors (Lipinski definition) is 0. The van der Waals surface area contributed by atoms with Crippen molar-refractivity contribution < 1.29 is 0 Å². The lowest BCUT2D eigenvalue weighted by Gasteiger charge is -2.35. The fourth-order valence-corrected chi connectivity index (χ4v) is 15.3. The van der Waals surface area contributed by atoms with Gasteiger partial charge in [-0.25, -0.2) is 0 Å². The molecule has 2 nitrogen and oxygen atoms in total. The molecule has 0 saturated heterocycles. The van der Waals surface area contributed by atoms with Gasteiger partial charge in [0.2, 0.25) is 0 Å². The highest BCUT2D eigenvalue weighted by atomic mass is 28.3. The van der Waals surface area contributed by atoms with E-state index in [2.05, 4.69) is 264 Å². The summed E-state index contributed by atoms with van der Waals surface area (Å²) in [5.41, 5.74) is 11.9. The average Bonchev–Trinajstić information content (AvgIpc) is 3.89. The van der Waals surface area contributed by atoms with Gasteiger partial charge in [0, 0.05) is 32.9 Å². The number of nitrogens with zero attached hydrogens (tertiary/aromatic N) is 2. The van der Waals surface area contributed by atoms with Crippen molar-refractivity contribution in [2.75, 3.05) is 0 Å². The van der Waals surface area contributed by atoms with Crippen LogP contribution >= 0.6 is 0 Å². The number of fused-ring (bicyclic) bond motifs is 6. The first kappa shape index (κ1) is 36.8. The molecular formula is C60H42N2Si. The van der Waals surface area contributed by atoms with E-state index in [4.69, 9.17) is 0 Å². The molecule has 0 aliphatic rings. The van der Waals surface area contributed by atoms with Crippen LogP contribution in [-0.2, 0) is 0 Å². The minimum absolute atomic E-state index is 1.13. The molecule has 0 spiro atoms. The van der Waals surface area contributed by atoms with Crippen LogP contribution in [0.3, 0.4) is 0 Å². The second-order valence-electron chi connectivity index (χ2n) is 16.4. The zero-order valence-electron chi connectivity index (χ0n) is 34.6. The van der Waals surface area contributed by atoms with E-state index in [1.54, 1.807) is 0 Å². The maximum atomic E-state index is 2.59. The molecule has 0 amide bonds. The molecular weight excluding hydrogens is 777 g/mol. The van der Waals surface area contributed by atoms with Gasteiger partial charge in [-0.2, -0.15) is 0 Å². The molecule has 0 atom stereocenters. The van der Waals surface area contributed by atoms with Crippen molar-refractivity contribution in [3.05, 3.63) is 255 Å². The van der Waals surface area contributed by atoms with Gasteiger partial charge in [0.15, 0.2) is 8.07 Å². The van der Waals surface area contributed by atoms with E-state index in [1.165, 1.54) is 86.6 Å². The third-order valence-corrected chi connectivity index (χ3v) is 17.9. The van der Waals surface area contributed by atoms with E-state index in [0.717, 1.165) is 11.4 Å². The summed E-state index contributed by atoms with van der Waals surface area (Å²) in [6, 6.07) is 94.4. The fraction of sp³-hybridized carbons (Fsp3) is 0. The second-order valence-corrected chi connectivity index (χ2v) is 20.2. The average molecular weight is 819 g/mol. The predicted molar refractivity (Wildman–Crippen MR) is 270 cm³/mol. The highest BCUT2D eigenvalue weighted by Crippen LogP contribution is 2.41. The van der Waals surface area contributed by atoms with Crippen molar-refractivity contribution in [1.82, 2.24) is 9.13 Å². The monoisotopic (exact) mass is 818 g/mol. The lowest BCUT2D eigenvalue weighted by Crippen LogP contribution is -2.75. The van der Waals surface area contributed by atoms with Crippen LogP contribution in [0.15, 0.2) is 255 Å². The lowest BCUT2D eigenvalue weighted by molar-refractivity contribution is 1.16. The summed E-state index contributed by atoms with van der Waals surface area (Å²) in [6.45, 7) is 0. The van der Waals surface area contributed by atoms with E-state index in [-0.39, 0.29) is 0 Å². The van der Waals surface area contributed by atoms with Crippen molar-refractivity contribution in [3.8, 4) is 33.6 Å². The third kappa shape index (κ3) is 5.85. The minimum atomic E-state index is -3.02. The van der Waals surface area contributed by atoms with Crippen molar-refractivity contribution in [3.63, 3.8) is 0 Å². The van der Waals surface area contributed by atoms with Crippen LogP contribution in [0.2, 0.25) is 0 Å². The summed E-state index contributed by atoms with van der Waals surface area (Å²) in [4.78, 5) is 0. The zero-order chi connectivity index (χ0) is 41.7. The van der Waals surface area contributed by atoms with Gasteiger partial charge in [-0.1, -0.05) is 218 Å². The first-order chi connectivity index (χ1) is 31.3. The van der Waals surface area contributed by atoms with Crippen LogP contribution in [-0.4, -0.2) is 17.2 Å². The second kappa shape index (κ2) is 15.2. The van der Waals surface area contributed by atoms with Gasteiger partial charge in [-0.15, -0.1) is 0 Å². The molecule has 0 aliphatic carbocycles. The van der Waals surface area contributed by atoms with Gasteiger partial charge in [0.25, 0.3) is 0 Å². The molecule has 0 radical (unpaired) electrons.